The zero-order valence-corrected chi connectivity index (χ0v) is 15.4. The van der Waals surface area contributed by atoms with Crippen molar-refractivity contribution in [1.82, 2.24) is 14.7 Å². The third kappa shape index (κ3) is 3.78. The summed E-state index contributed by atoms with van der Waals surface area (Å²) >= 11 is 0. The van der Waals surface area contributed by atoms with E-state index >= 15 is 0 Å². The standard InChI is InChI=1S/C22H23N3O2/c1-27-21-10-6-5-9-19(21)20-11-12-22(26)25(23-20)16-24-14-13-18(15-24)17-7-3-2-4-8-17/h2-12,18H,13-16H2,1H3/t18-/m0/s1. The molecule has 3 aromatic rings. The second-order valence-electron chi connectivity index (χ2n) is 6.87. The third-order valence-corrected chi connectivity index (χ3v) is 5.13. The van der Waals surface area contributed by atoms with Gasteiger partial charge in [-0.15, -0.1) is 0 Å². The summed E-state index contributed by atoms with van der Waals surface area (Å²) in [5.74, 6) is 1.26. The van der Waals surface area contributed by atoms with Gasteiger partial charge in [-0.2, -0.15) is 5.10 Å². The van der Waals surface area contributed by atoms with Gasteiger partial charge in [0, 0.05) is 24.7 Å². The third-order valence-electron chi connectivity index (χ3n) is 5.13. The average molecular weight is 361 g/mol. The van der Waals surface area contributed by atoms with Crippen molar-refractivity contribution in [1.29, 1.82) is 0 Å². The lowest BCUT2D eigenvalue weighted by molar-refractivity contribution is 0.246. The van der Waals surface area contributed by atoms with Gasteiger partial charge in [-0.05, 0) is 36.1 Å². The van der Waals surface area contributed by atoms with Crippen LogP contribution in [-0.4, -0.2) is 34.9 Å². The fourth-order valence-electron chi connectivity index (χ4n) is 3.70. The Hall–Kier alpha value is -2.92. The molecule has 1 fully saturated rings. The van der Waals surface area contributed by atoms with Gasteiger partial charge < -0.3 is 4.74 Å². The number of ether oxygens (including phenoxy) is 1. The molecule has 1 aromatic heterocycles. The zero-order chi connectivity index (χ0) is 18.6. The molecule has 0 spiro atoms. The van der Waals surface area contributed by atoms with Gasteiger partial charge in [-0.1, -0.05) is 42.5 Å². The van der Waals surface area contributed by atoms with Crippen LogP contribution in [0.25, 0.3) is 11.3 Å². The van der Waals surface area contributed by atoms with Crippen LogP contribution in [0.2, 0.25) is 0 Å². The number of likely N-dealkylation sites (tertiary alicyclic amines) is 1. The number of rotatable bonds is 5. The fraction of sp³-hybridized carbons (Fsp3) is 0.273. The van der Waals surface area contributed by atoms with Crippen molar-refractivity contribution >= 4 is 0 Å². The van der Waals surface area contributed by atoms with Gasteiger partial charge in [0.2, 0.25) is 0 Å². The Kier molecular flexibility index (Phi) is 5.03. The van der Waals surface area contributed by atoms with E-state index in [4.69, 9.17) is 4.74 Å². The maximum Gasteiger partial charge on any atom is 0.268 e. The molecule has 0 unspecified atom stereocenters. The molecule has 5 heteroatoms. The lowest BCUT2D eigenvalue weighted by atomic mass is 9.99. The molecule has 0 saturated carbocycles. The molecule has 4 rings (SSSR count). The molecule has 1 saturated heterocycles. The molecule has 0 aliphatic carbocycles. The highest BCUT2D eigenvalue weighted by Gasteiger charge is 2.24. The van der Waals surface area contributed by atoms with E-state index in [-0.39, 0.29) is 5.56 Å². The average Bonchev–Trinajstić information content (AvgIpc) is 3.19. The smallest absolute Gasteiger partial charge is 0.268 e. The first-order valence-electron chi connectivity index (χ1n) is 9.23. The number of benzene rings is 2. The molecule has 27 heavy (non-hydrogen) atoms. The van der Waals surface area contributed by atoms with E-state index < -0.39 is 0 Å². The molecule has 0 radical (unpaired) electrons. The highest BCUT2D eigenvalue weighted by atomic mass is 16.5. The van der Waals surface area contributed by atoms with Crippen LogP contribution in [0.5, 0.6) is 5.75 Å². The van der Waals surface area contributed by atoms with Crippen molar-refractivity contribution in [3.05, 3.63) is 82.6 Å². The van der Waals surface area contributed by atoms with E-state index in [2.05, 4.69) is 34.3 Å². The van der Waals surface area contributed by atoms with Crippen LogP contribution in [0.3, 0.4) is 0 Å². The quantitative estimate of drug-likeness (QED) is 0.699. The van der Waals surface area contributed by atoms with Crippen LogP contribution in [0, 0.1) is 0 Å². The second kappa shape index (κ2) is 7.76. The maximum atomic E-state index is 12.3. The minimum atomic E-state index is -0.0863. The molecule has 2 aromatic carbocycles. The summed E-state index contributed by atoms with van der Waals surface area (Å²) in [6.07, 6.45) is 1.10. The molecular formula is C22H23N3O2. The summed E-state index contributed by atoms with van der Waals surface area (Å²) in [6, 6.07) is 21.6. The molecular weight excluding hydrogens is 338 g/mol. The summed E-state index contributed by atoms with van der Waals surface area (Å²) in [5.41, 5.74) is 2.91. The summed E-state index contributed by atoms with van der Waals surface area (Å²) in [5, 5.41) is 4.59. The van der Waals surface area contributed by atoms with Crippen molar-refractivity contribution in [2.45, 2.75) is 19.0 Å². The van der Waals surface area contributed by atoms with E-state index in [0.29, 0.717) is 12.6 Å². The van der Waals surface area contributed by atoms with Gasteiger partial charge >= 0.3 is 0 Å². The van der Waals surface area contributed by atoms with Crippen LogP contribution >= 0.6 is 0 Å². The highest BCUT2D eigenvalue weighted by molar-refractivity contribution is 5.66. The minimum absolute atomic E-state index is 0.0863. The Morgan fingerprint density at radius 1 is 1.04 bits per heavy atom. The molecule has 1 aliphatic heterocycles. The van der Waals surface area contributed by atoms with Crippen LogP contribution in [0.4, 0.5) is 0 Å². The summed E-state index contributed by atoms with van der Waals surface area (Å²) in [6.45, 7) is 2.41. The lowest BCUT2D eigenvalue weighted by Crippen LogP contribution is -2.32. The minimum Gasteiger partial charge on any atom is -0.496 e. The zero-order valence-electron chi connectivity index (χ0n) is 15.4. The Balaban J connectivity index is 1.54. The summed E-state index contributed by atoms with van der Waals surface area (Å²) < 4.78 is 6.98. The van der Waals surface area contributed by atoms with E-state index in [1.165, 1.54) is 5.56 Å². The predicted molar refractivity (Wildman–Crippen MR) is 106 cm³/mol. The topological polar surface area (TPSA) is 47.4 Å². The number of hydrogen-bond donors (Lipinski definition) is 0. The fourth-order valence-corrected chi connectivity index (χ4v) is 3.70. The van der Waals surface area contributed by atoms with E-state index in [1.54, 1.807) is 23.9 Å². The van der Waals surface area contributed by atoms with Crippen LogP contribution < -0.4 is 10.3 Å². The van der Waals surface area contributed by atoms with Crippen molar-refractivity contribution < 1.29 is 4.74 Å². The number of para-hydroxylation sites is 1. The molecule has 2 heterocycles. The lowest BCUT2D eigenvalue weighted by Gasteiger charge is -2.17. The van der Waals surface area contributed by atoms with Crippen molar-refractivity contribution in [3.63, 3.8) is 0 Å². The summed E-state index contributed by atoms with van der Waals surface area (Å²) in [7, 11) is 1.64. The van der Waals surface area contributed by atoms with Gasteiger partial charge in [0.15, 0.2) is 0 Å². The van der Waals surface area contributed by atoms with Crippen LogP contribution in [0.1, 0.15) is 17.9 Å². The number of methoxy groups -OCH3 is 1. The van der Waals surface area contributed by atoms with Crippen LogP contribution in [0.15, 0.2) is 71.5 Å². The first-order chi connectivity index (χ1) is 13.2. The largest absolute Gasteiger partial charge is 0.496 e. The Labute approximate surface area is 158 Å². The molecule has 0 bridgehead atoms. The molecule has 5 nitrogen and oxygen atoms in total. The van der Waals surface area contributed by atoms with Crippen molar-refractivity contribution in [3.8, 4) is 17.0 Å². The van der Waals surface area contributed by atoms with E-state index in [0.717, 1.165) is 36.5 Å². The van der Waals surface area contributed by atoms with Gasteiger partial charge in [-0.25, -0.2) is 4.68 Å². The van der Waals surface area contributed by atoms with Crippen molar-refractivity contribution in [2.24, 2.45) is 0 Å². The number of hydrogen-bond acceptors (Lipinski definition) is 4. The first kappa shape index (κ1) is 17.5. The van der Waals surface area contributed by atoms with Gasteiger partial charge in [0.05, 0.1) is 19.5 Å². The van der Waals surface area contributed by atoms with E-state index in [9.17, 15) is 4.79 Å². The molecule has 1 atom stereocenters. The predicted octanol–water partition coefficient (Wildman–Crippen LogP) is 3.37. The number of nitrogens with zero attached hydrogens (tertiary/aromatic N) is 3. The second-order valence-corrected chi connectivity index (χ2v) is 6.87. The molecule has 0 amide bonds. The van der Waals surface area contributed by atoms with E-state index in [1.807, 2.05) is 30.3 Å². The maximum absolute atomic E-state index is 12.3. The van der Waals surface area contributed by atoms with Gasteiger partial charge in [0.25, 0.3) is 5.56 Å². The van der Waals surface area contributed by atoms with Gasteiger partial charge in [-0.3, -0.25) is 9.69 Å². The Morgan fingerprint density at radius 2 is 1.81 bits per heavy atom. The number of aromatic nitrogens is 2. The SMILES string of the molecule is COc1ccccc1-c1ccc(=O)n(CN2CC[C@H](c3ccccc3)C2)n1. The Bertz CT molecular complexity index is 969. The van der Waals surface area contributed by atoms with Gasteiger partial charge in [0.1, 0.15) is 5.75 Å². The molecule has 1 aliphatic rings. The van der Waals surface area contributed by atoms with Crippen molar-refractivity contribution in [2.75, 3.05) is 20.2 Å². The van der Waals surface area contributed by atoms with Crippen LogP contribution in [-0.2, 0) is 6.67 Å². The Morgan fingerprint density at radius 3 is 2.63 bits per heavy atom. The highest BCUT2D eigenvalue weighted by Crippen LogP contribution is 2.28. The summed E-state index contributed by atoms with van der Waals surface area (Å²) in [4.78, 5) is 14.6. The molecule has 138 valence electrons. The first-order valence-corrected chi connectivity index (χ1v) is 9.23. The normalized spacial score (nSPS) is 17.1. The molecule has 0 N–H and O–H groups in total. The monoisotopic (exact) mass is 361 g/mol.